The molecule has 21 heavy (non-hydrogen) atoms. The first-order valence-corrected chi connectivity index (χ1v) is 6.57. The van der Waals surface area contributed by atoms with E-state index in [4.69, 9.17) is 5.73 Å². The predicted octanol–water partition coefficient (Wildman–Crippen LogP) is 3.03. The summed E-state index contributed by atoms with van der Waals surface area (Å²) in [6.07, 6.45) is 0.647. The molecule has 110 valence electrons. The second-order valence-electron chi connectivity index (χ2n) is 4.77. The Morgan fingerprint density at radius 1 is 1.19 bits per heavy atom. The van der Waals surface area contributed by atoms with Gasteiger partial charge in [-0.1, -0.05) is 12.1 Å². The topological polar surface area (TPSA) is 55.1 Å². The minimum atomic E-state index is -0.666. The monoisotopic (exact) mass is 290 g/mol. The Morgan fingerprint density at radius 2 is 1.95 bits per heavy atom. The van der Waals surface area contributed by atoms with Crippen molar-refractivity contribution < 1.29 is 13.6 Å². The molecule has 5 heteroatoms. The standard InChI is InChI=1S/C16H16F2N2O/c1-10-7-14(18)15(9-13(10)17)20-16(21)12-4-2-3-11(8-12)5-6-19/h2-4,7-9H,5-6,19H2,1H3,(H,20,21). The van der Waals surface area contributed by atoms with Crippen LogP contribution in [-0.2, 0) is 6.42 Å². The Kier molecular flexibility index (Phi) is 4.65. The maximum Gasteiger partial charge on any atom is 0.255 e. The largest absolute Gasteiger partial charge is 0.330 e. The van der Waals surface area contributed by atoms with Crippen LogP contribution in [0.1, 0.15) is 21.5 Å². The summed E-state index contributed by atoms with van der Waals surface area (Å²) >= 11 is 0. The van der Waals surface area contributed by atoms with E-state index in [-0.39, 0.29) is 11.3 Å². The molecular weight excluding hydrogens is 274 g/mol. The van der Waals surface area contributed by atoms with Crippen LogP contribution in [0.3, 0.4) is 0 Å². The highest BCUT2D eigenvalue weighted by Crippen LogP contribution is 2.19. The van der Waals surface area contributed by atoms with Crippen molar-refractivity contribution in [2.45, 2.75) is 13.3 Å². The summed E-state index contributed by atoms with van der Waals surface area (Å²) in [6.45, 7) is 1.93. The van der Waals surface area contributed by atoms with Crippen molar-refractivity contribution >= 4 is 11.6 Å². The second kappa shape index (κ2) is 6.45. The van der Waals surface area contributed by atoms with Crippen molar-refractivity contribution in [3.8, 4) is 0 Å². The van der Waals surface area contributed by atoms with Gasteiger partial charge in [0, 0.05) is 11.6 Å². The highest BCUT2D eigenvalue weighted by Gasteiger charge is 2.12. The highest BCUT2D eigenvalue weighted by molar-refractivity contribution is 6.04. The molecule has 2 rings (SSSR count). The van der Waals surface area contributed by atoms with Gasteiger partial charge in [-0.05, 0) is 49.2 Å². The molecule has 0 saturated heterocycles. The molecule has 2 aromatic rings. The van der Waals surface area contributed by atoms with E-state index in [9.17, 15) is 13.6 Å². The van der Waals surface area contributed by atoms with Gasteiger partial charge in [0.2, 0.25) is 0 Å². The lowest BCUT2D eigenvalue weighted by atomic mass is 10.1. The molecular formula is C16H16F2N2O. The first-order valence-electron chi connectivity index (χ1n) is 6.57. The third-order valence-electron chi connectivity index (χ3n) is 3.12. The van der Waals surface area contributed by atoms with Crippen LogP contribution in [0.5, 0.6) is 0 Å². The molecule has 0 spiro atoms. The van der Waals surface area contributed by atoms with Gasteiger partial charge in [-0.3, -0.25) is 4.79 Å². The Bertz CT molecular complexity index is 671. The molecule has 0 aliphatic carbocycles. The van der Waals surface area contributed by atoms with Gasteiger partial charge in [-0.2, -0.15) is 0 Å². The molecule has 3 nitrogen and oxygen atoms in total. The van der Waals surface area contributed by atoms with E-state index < -0.39 is 17.5 Å². The van der Waals surface area contributed by atoms with Crippen molar-refractivity contribution in [3.05, 3.63) is 64.7 Å². The molecule has 1 amide bonds. The quantitative estimate of drug-likeness (QED) is 0.909. The molecule has 0 bridgehead atoms. The van der Waals surface area contributed by atoms with E-state index in [1.807, 2.05) is 6.07 Å². The van der Waals surface area contributed by atoms with Crippen molar-refractivity contribution in [3.63, 3.8) is 0 Å². The molecule has 0 unspecified atom stereocenters. The van der Waals surface area contributed by atoms with Gasteiger partial charge in [0.1, 0.15) is 11.6 Å². The molecule has 0 fully saturated rings. The van der Waals surface area contributed by atoms with Crippen LogP contribution >= 0.6 is 0 Å². The summed E-state index contributed by atoms with van der Waals surface area (Å²) in [4.78, 5) is 12.1. The molecule has 0 aromatic heterocycles. The second-order valence-corrected chi connectivity index (χ2v) is 4.77. The van der Waals surface area contributed by atoms with Crippen LogP contribution in [0.4, 0.5) is 14.5 Å². The van der Waals surface area contributed by atoms with Gasteiger partial charge >= 0.3 is 0 Å². The fraction of sp³-hybridized carbons (Fsp3) is 0.188. The number of halogens is 2. The Hall–Kier alpha value is -2.27. The number of nitrogens with two attached hydrogens (primary N) is 1. The number of anilines is 1. The summed E-state index contributed by atoms with van der Waals surface area (Å²) in [7, 11) is 0. The number of hydrogen-bond donors (Lipinski definition) is 2. The third-order valence-corrected chi connectivity index (χ3v) is 3.12. The summed E-state index contributed by atoms with van der Waals surface area (Å²) in [5.41, 5.74) is 6.78. The normalized spacial score (nSPS) is 10.5. The van der Waals surface area contributed by atoms with Crippen LogP contribution in [0, 0.1) is 18.6 Å². The smallest absolute Gasteiger partial charge is 0.255 e. The maximum absolute atomic E-state index is 13.7. The molecule has 0 saturated carbocycles. The van der Waals surface area contributed by atoms with E-state index >= 15 is 0 Å². The van der Waals surface area contributed by atoms with E-state index in [2.05, 4.69) is 5.32 Å². The predicted molar refractivity (Wildman–Crippen MR) is 78.2 cm³/mol. The molecule has 2 aromatic carbocycles. The fourth-order valence-corrected chi connectivity index (χ4v) is 1.97. The number of amides is 1. The van der Waals surface area contributed by atoms with E-state index in [0.717, 1.165) is 17.7 Å². The first-order chi connectivity index (χ1) is 10.0. The van der Waals surface area contributed by atoms with Crippen molar-refractivity contribution in [1.29, 1.82) is 0 Å². The minimum Gasteiger partial charge on any atom is -0.330 e. The number of carbonyl (C=O) groups is 1. The molecule has 0 radical (unpaired) electrons. The van der Waals surface area contributed by atoms with Gasteiger partial charge < -0.3 is 11.1 Å². The lowest BCUT2D eigenvalue weighted by molar-refractivity contribution is 0.102. The zero-order chi connectivity index (χ0) is 15.4. The molecule has 0 aliphatic heterocycles. The lowest BCUT2D eigenvalue weighted by Gasteiger charge is -2.09. The van der Waals surface area contributed by atoms with Crippen LogP contribution in [-0.4, -0.2) is 12.5 Å². The van der Waals surface area contributed by atoms with Crippen LogP contribution in [0.25, 0.3) is 0 Å². The molecule has 3 N–H and O–H groups in total. The summed E-state index contributed by atoms with van der Waals surface area (Å²) in [5, 5.41) is 2.38. The third kappa shape index (κ3) is 3.64. The van der Waals surface area contributed by atoms with Gasteiger partial charge in [0.15, 0.2) is 0 Å². The number of hydrogen-bond acceptors (Lipinski definition) is 2. The molecule has 0 aliphatic rings. The number of rotatable bonds is 4. The SMILES string of the molecule is Cc1cc(F)c(NC(=O)c2cccc(CCN)c2)cc1F. The van der Waals surface area contributed by atoms with Gasteiger partial charge in [-0.15, -0.1) is 0 Å². The van der Waals surface area contributed by atoms with E-state index in [1.165, 1.54) is 6.92 Å². The minimum absolute atomic E-state index is 0.174. The number of carbonyl (C=O) groups excluding carboxylic acids is 1. The average molecular weight is 290 g/mol. The van der Waals surface area contributed by atoms with Crippen LogP contribution in [0.2, 0.25) is 0 Å². The zero-order valence-corrected chi connectivity index (χ0v) is 11.6. The summed E-state index contributed by atoms with van der Waals surface area (Å²) < 4.78 is 27.2. The summed E-state index contributed by atoms with van der Waals surface area (Å²) in [6, 6.07) is 8.91. The maximum atomic E-state index is 13.7. The van der Waals surface area contributed by atoms with Crippen LogP contribution in [0.15, 0.2) is 36.4 Å². The molecule has 0 heterocycles. The van der Waals surface area contributed by atoms with Crippen molar-refractivity contribution in [1.82, 2.24) is 0 Å². The van der Waals surface area contributed by atoms with Crippen LogP contribution < -0.4 is 11.1 Å². The number of benzene rings is 2. The van der Waals surface area contributed by atoms with E-state index in [0.29, 0.717) is 18.5 Å². The highest BCUT2D eigenvalue weighted by atomic mass is 19.1. The Balaban J connectivity index is 2.22. The Labute approximate surface area is 121 Å². The zero-order valence-electron chi connectivity index (χ0n) is 11.6. The Morgan fingerprint density at radius 3 is 2.67 bits per heavy atom. The number of nitrogens with one attached hydrogen (secondary N) is 1. The lowest BCUT2D eigenvalue weighted by Crippen LogP contribution is -2.14. The fourth-order valence-electron chi connectivity index (χ4n) is 1.97. The summed E-state index contributed by atoms with van der Waals surface area (Å²) in [5.74, 6) is -1.72. The van der Waals surface area contributed by atoms with Crippen molar-refractivity contribution in [2.75, 3.05) is 11.9 Å². The van der Waals surface area contributed by atoms with E-state index in [1.54, 1.807) is 18.2 Å². The first kappa shape index (κ1) is 15.1. The van der Waals surface area contributed by atoms with Gasteiger partial charge in [0.05, 0.1) is 5.69 Å². The van der Waals surface area contributed by atoms with Gasteiger partial charge in [0.25, 0.3) is 5.91 Å². The molecule has 0 atom stereocenters. The number of aryl methyl sites for hydroxylation is 1. The average Bonchev–Trinajstić information content (AvgIpc) is 2.45. The van der Waals surface area contributed by atoms with Crippen molar-refractivity contribution in [2.24, 2.45) is 5.73 Å². The van der Waals surface area contributed by atoms with Gasteiger partial charge in [-0.25, -0.2) is 8.78 Å².